The van der Waals surface area contributed by atoms with Gasteiger partial charge < -0.3 is 11.1 Å². The first kappa shape index (κ1) is 15.2. The van der Waals surface area contributed by atoms with E-state index in [1.165, 1.54) is 8.66 Å². The van der Waals surface area contributed by atoms with Gasteiger partial charge in [0.1, 0.15) is 0 Å². The van der Waals surface area contributed by atoms with Crippen molar-refractivity contribution in [3.05, 3.63) is 20.8 Å². The minimum absolute atomic E-state index is 0.199. The van der Waals surface area contributed by atoms with Crippen molar-refractivity contribution in [1.29, 1.82) is 0 Å². The molecule has 0 radical (unpaired) electrons. The normalized spacial score (nSPS) is 13.9. The molecule has 2 nitrogen and oxygen atoms in total. The van der Waals surface area contributed by atoms with Gasteiger partial charge in [-0.3, -0.25) is 0 Å². The van der Waals surface area contributed by atoms with Crippen LogP contribution in [0.1, 0.15) is 38.5 Å². The average Bonchev–Trinajstić information content (AvgIpc) is 2.64. The van der Waals surface area contributed by atoms with E-state index in [0.717, 1.165) is 25.9 Å². The standard InChI is InChI=1S/C13H23BrN2S/c1-10(15)5-4-8-16-9-13(2,3)11-6-7-12(14)17-11/h6-7,10,16H,4-5,8-9,15H2,1-3H3. The largest absolute Gasteiger partial charge is 0.328 e. The van der Waals surface area contributed by atoms with Crippen LogP contribution < -0.4 is 11.1 Å². The molecule has 17 heavy (non-hydrogen) atoms. The van der Waals surface area contributed by atoms with E-state index in [2.05, 4.69) is 54.2 Å². The molecule has 3 N–H and O–H groups in total. The molecule has 0 aliphatic heterocycles. The minimum Gasteiger partial charge on any atom is -0.328 e. The molecule has 0 aliphatic carbocycles. The second kappa shape index (κ2) is 6.88. The predicted octanol–water partition coefficient (Wildman–Crippen LogP) is 3.51. The first-order valence-electron chi connectivity index (χ1n) is 6.14. The van der Waals surface area contributed by atoms with Crippen LogP contribution in [0.15, 0.2) is 15.9 Å². The van der Waals surface area contributed by atoms with Crippen molar-refractivity contribution in [2.24, 2.45) is 5.73 Å². The van der Waals surface area contributed by atoms with Crippen LogP contribution in [0.2, 0.25) is 0 Å². The smallest absolute Gasteiger partial charge is 0.0701 e. The third kappa shape index (κ3) is 5.51. The summed E-state index contributed by atoms with van der Waals surface area (Å²) in [6, 6.07) is 4.65. The van der Waals surface area contributed by atoms with Crippen LogP contribution in [0.25, 0.3) is 0 Å². The molecule has 4 heteroatoms. The first-order chi connectivity index (χ1) is 7.92. The number of nitrogens with one attached hydrogen (secondary N) is 1. The molecule has 1 unspecified atom stereocenters. The third-order valence-electron chi connectivity index (χ3n) is 2.82. The van der Waals surface area contributed by atoms with Crippen LogP contribution in [0.5, 0.6) is 0 Å². The van der Waals surface area contributed by atoms with E-state index in [9.17, 15) is 0 Å². The maximum absolute atomic E-state index is 5.72. The summed E-state index contributed by atoms with van der Waals surface area (Å²) in [6.45, 7) is 8.69. The summed E-state index contributed by atoms with van der Waals surface area (Å²) < 4.78 is 1.21. The summed E-state index contributed by atoms with van der Waals surface area (Å²) in [4.78, 5) is 1.42. The van der Waals surface area contributed by atoms with Crippen molar-refractivity contribution < 1.29 is 0 Å². The SMILES string of the molecule is CC(N)CCCNCC(C)(C)c1ccc(Br)s1. The Bertz CT molecular complexity index is 334. The molecule has 1 atom stereocenters. The van der Waals surface area contributed by atoms with Gasteiger partial charge in [0.25, 0.3) is 0 Å². The molecule has 0 spiro atoms. The summed E-state index contributed by atoms with van der Waals surface area (Å²) in [5, 5.41) is 3.52. The molecule has 0 aliphatic rings. The van der Waals surface area contributed by atoms with Crippen LogP contribution in [0.4, 0.5) is 0 Å². The van der Waals surface area contributed by atoms with Gasteiger partial charge >= 0.3 is 0 Å². The van der Waals surface area contributed by atoms with E-state index in [1.807, 2.05) is 11.3 Å². The summed E-state index contributed by atoms with van der Waals surface area (Å²) in [7, 11) is 0. The van der Waals surface area contributed by atoms with Crippen molar-refractivity contribution in [3.63, 3.8) is 0 Å². The number of rotatable bonds is 7. The van der Waals surface area contributed by atoms with Crippen molar-refractivity contribution in [2.75, 3.05) is 13.1 Å². The molecule has 1 rings (SSSR count). The number of hydrogen-bond donors (Lipinski definition) is 2. The highest BCUT2D eigenvalue weighted by atomic mass is 79.9. The Labute approximate surface area is 117 Å². The van der Waals surface area contributed by atoms with E-state index in [4.69, 9.17) is 5.73 Å². The van der Waals surface area contributed by atoms with Crippen LogP contribution in [-0.2, 0) is 5.41 Å². The van der Waals surface area contributed by atoms with E-state index in [-0.39, 0.29) is 5.41 Å². The maximum atomic E-state index is 5.72. The molecule has 0 fully saturated rings. The second-order valence-electron chi connectivity index (χ2n) is 5.28. The van der Waals surface area contributed by atoms with Gasteiger partial charge in [0.15, 0.2) is 0 Å². The quantitative estimate of drug-likeness (QED) is 0.755. The predicted molar refractivity (Wildman–Crippen MR) is 80.8 cm³/mol. The summed E-state index contributed by atoms with van der Waals surface area (Å²) in [6.07, 6.45) is 2.25. The number of halogens is 1. The lowest BCUT2D eigenvalue weighted by molar-refractivity contribution is 0.465. The molecule has 1 aromatic heterocycles. The molecule has 0 saturated heterocycles. The topological polar surface area (TPSA) is 38.0 Å². The Kier molecular flexibility index (Phi) is 6.13. The molecule has 0 bridgehead atoms. The zero-order valence-corrected chi connectivity index (χ0v) is 13.3. The Hall–Kier alpha value is 0.1000. The molecular weight excluding hydrogens is 296 g/mol. The number of hydrogen-bond acceptors (Lipinski definition) is 3. The molecule has 0 saturated carbocycles. The molecule has 0 amide bonds. The van der Waals surface area contributed by atoms with Crippen molar-refractivity contribution in [3.8, 4) is 0 Å². The highest BCUT2D eigenvalue weighted by molar-refractivity contribution is 9.11. The Morgan fingerprint density at radius 3 is 2.71 bits per heavy atom. The summed E-state index contributed by atoms with van der Waals surface area (Å²) >= 11 is 5.34. The third-order valence-corrected chi connectivity index (χ3v) is 4.81. The lowest BCUT2D eigenvalue weighted by Gasteiger charge is -2.23. The Morgan fingerprint density at radius 1 is 1.47 bits per heavy atom. The van der Waals surface area contributed by atoms with Gasteiger partial charge in [0.05, 0.1) is 3.79 Å². The van der Waals surface area contributed by atoms with Gasteiger partial charge in [0.2, 0.25) is 0 Å². The minimum atomic E-state index is 0.199. The molecule has 98 valence electrons. The van der Waals surface area contributed by atoms with Gasteiger partial charge in [0, 0.05) is 22.9 Å². The van der Waals surface area contributed by atoms with Crippen molar-refractivity contribution in [2.45, 2.75) is 45.1 Å². The monoisotopic (exact) mass is 318 g/mol. The second-order valence-corrected chi connectivity index (χ2v) is 7.75. The van der Waals surface area contributed by atoms with Crippen molar-refractivity contribution >= 4 is 27.3 Å². The van der Waals surface area contributed by atoms with Crippen LogP contribution >= 0.6 is 27.3 Å². The molecular formula is C13H23BrN2S. The van der Waals surface area contributed by atoms with Gasteiger partial charge in [-0.25, -0.2) is 0 Å². The first-order valence-corrected chi connectivity index (χ1v) is 7.75. The van der Waals surface area contributed by atoms with Gasteiger partial charge in [-0.1, -0.05) is 13.8 Å². The van der Waals surface area contributed by atoms with Crippen molar-refractivity contribution in [1.82, 2.24) is 5.32 Å². The van der Waals surface area contributed by atoms with E-state index < -0.39 is 0 Å². The summed E-state index contributed by atoms with van der Waals surface area (Å²) in [5.41, 5.74) is 5.92. The fourth-order valence-electron chi connectivity index (χ4n) is 1.72. The van der Waals surface area contributed by atoms with Gasteiger partial charge in [-0.15, -0.1) is 11.3 Å². The lowest BCUT2D eigenvalue weighted by Crippen LogP contribution is -2.33. The Balaban J connectivity index is 2.30. The molecule has 1 aromatic rings. The molecule has 0 aromatic carbocycles. The van der Waals surface area contributed by atoms with E-state index in [1.54, 1.807) is 0 Å². The fraction of sp³-hybridized carbons (Fsp3) is 0.692. The maximum Gasteiger partial charge on any atom is 0.0701 e. The van der Waals surface area contributed by atoms with Crippen LogP contribution in [0, 0.1) is 0 Å². The highest BCUT2D eigenvalue weighted by Gasteiger charge is 2.21. The molecule has 1 heterocycles. The van der Waals surface area contributed by atoms with E-state index >= 15 is 0 Å². The zero-order valence-electron chi connectivity index (χ0n) is 10.9. The van der Waals surface area contributed by atoms with Crippen LogP contribution in [-0.4, -0.2) is 19.1 Å². The highest BCUT2D eigenvalue weighted by Crippen LogP contribution is 2.32. The number of nitrogens with two attached hydrogens (primary N) is 1. The number of thiophene rings is 1. The van der Waals surface area contributed by atoms with Crippen LogP contribution in [0.3, 0.4) is 0 Å². The average molecular weight is 319 g/mol. The zero-order chi connectivity index (χ0) is 12.9. The van der Waals surface area contributed by atoms with E-state index in [0.29, 0.717) is 6.04 Å². The Morgan fingerprint density at radius 2 is 2.18 bits per heavy atom. The summed E-state index contributed by atoms with van der Waals surface area (Å²) in [5.74, 6) is 0. The fourth-order valence-corrected chi connectivity index (χ4v) is 3.20. The van der Waals surface area contributed by atoms with Gasteiger partial charge in [-0.05, 0) is 54.4 Å². The lowest BCUT2D eigenvalue weighted by atomic mass is 9.91. The van der Waals surface area contributed by atoms with Gasteiger partial charge in [-0.2, -0.15) is 0 Å².